The van der Waals surface area contributed by atoms with Gasteiger partial charge >= 0.3 is 6.36 Å². The smallest absolute Gasteiger partial charge is 0.406 e. The monoisotopic (exact) mass is 342 g/mol. The zero-order valence-electron chi connectivity index (χ0n) is 14.0. The topological polar surface area (TPSA) is 18.5 Å². The number of ether oxygens (including phenoxy) is 2. The first-order valence-corrected chi connectivity index (χ1v) is 8.46. The van der Waals surface area contributed by atoms with Crippen molar-refractivity contribution in [3.05, 3.63) is 42.0 Å². The largest absolute Gasteiger partial charge is 0.573 e. The number of halogens is 3. The molecule has 0 aromatic heterocycles. The Morgan fingerprint density at radius 1 is 1.08 bits per heavy atom. The molecule has 0 spiro atoms. The van der Waals surface area contributed by atoms with Gasteiger partial charge in [0.05, 0.1) is 6.61 Å². The first kappa shape index (κ1) is 18.8. The van der Waals surface area contributed by atoms with Gasteiger partial charge in [0.2, 0.25) is 0 Å². The Bertz CT molecular complexity index is 500. The maximum Gasteiger partial charge on any atom is 0.573 e. The average Bonchev–Trinajstić information content (AvgIpc) is 2.54. The fraction of sp³-hybridized carbons (Fsp3) is 0.579. The molecule has 0 amide bonds. The molecule has 0 aliphatic heterocycles. The van der Waals surface area contributed by atoms with E-state index in [9.17, 15) is 13.2 Å². The summed E-state index contributed by atoms with van der Waals surface area (Å²) in [7, 11) is 1.70. The number of hydrogen-bond acceptors (Lipinski definition) is 2. The van der Waals surface area contributed by atoms with Gasteiger partial charge in [0.1, 0.15) is 5.75 Å². The molecular weight excluding hydrogens is 317 g/mol. The third kappa shape index (κ3) is 6.95. The van der Waals surface area contributed by atoms with Crippen molar-refractivity contribution in [2.24, 2.45) is 11.8 Å². The normalized spacial score (nSPS) is 22.0. The summed E-state index contributed by atoms with van der Waals surface area (Å²) >= 11 is 0. The maximum absolute atomic E-state index is 12.1. The molecule has 5 heteroatoms. The highest BCUT2D eigenvalue weighted by Crippen LogP contribution is 2.32. The average molecular weight is 342 g/mol. The van der Waals surface area contributed by atoms with E-state index in [1.54, 1.807) is 19.2 Å². The lowest BCUT2D eigenvalue weighted by atomic mass is 9.79. The Hall–Kier alpha value is -1.49. The Morgan fingerprint density at radius 2 is 1.75 bits per heavy atom. The van der Waals surface area contributed by atoms with Crippen LogP contribution in [0.25, 0.3) is 0 Å². The summed E-state index contributed by atoms with van der Waals surface area (Å²) in [5, 5.41) is 0. The van der Waals surface area contributed by atoms with Crippen molar-refractivity contribution in [3.8, 4) is 5.75 Å². The van der Waals surface area contributed by atoms with Gasteiger partial charge in [-0.1, -0.05) is 24.3 Å². The molecule has 1 aromatic carbocycles. The number of aryl methyl sites for hydroxylation is 1. The van der Waals surface area contributed by atoms with Crippen LogP contribution in [0.2, 0.25) is 0 Å². The first-order chi connectivity index (χ1) is 11.5. The summed E-state index contributed by atoms with van der Waals surface area (Å²) in [6.07, 6.45) is 6.59. The molecule has 0 atom stereocenters. The standard InChI is InChI=1S/C19H25F3O2/c1-23-14-2-3-15-4-6-16(7-5-15)8-9-17-10-12-18(13-11-17)24-19(20,21)22/h2-3,10-13,15-16H,4-9,14H2,1H3. The maximum atomic E-state index is 12.1. The van der Waals surface area contributed by atoms with E-state index in [0.717, 1.165) is 18.4 Å². The second kappa shape index (κ2) is 9.11. The minimum absolute atomic E-state index is 0.158. The lowest BCUT2D eigenvalue weighted by Gasteiger charge is -2.26. The zero-order valence-corrected chi connectivity index (χ0v) is 14.0. The molecule has 1 aliphatic carbocycles. The molecule has 2 nitrogen and oxygen atoms in total. The van der Waals surface area contributed by atoms with Crippen LogP contribution in [0.4, 0.5) is 13.2 Å². The third-order valence-corrected chi connectivity index (χ3v) is 4.56. The van der Waals surface area contributed by atoms with Crippen LogP contribution >= 0.6 is 0 Å². The van der Waals surface area contributed by atoms with Gasteiger partial charge in [0, 0.05) is 7.11 Å². The fourth-order valence-electron chi connectivity index (χ4n) is 3.24. The van der Waals surface area contributed by atoms with E-state index in [4.69, 9.17) is 4.74 Å². The summed E-state index contributed by atoms with van der Waals surface area (Å²) in [6.45, 7) is 0.675. The summed E-state index contributed by atoms with van der Waals surface area (Å²) in [6, 6.07) is 6.22. The number of hydrogen-bond donors (Lipinski definition) is 0. The van der Waals surface area contributed by atoms with Gasteiger partial charge in [0.25, 0.3) is 0 Å². The van der Waals surface area contributed by atoms with E-state index in [2.05, 4.69) is 16.9 Å². The van der Waals surface area contributed by atoms with Crippen LogP contribution in [0.5, 0.6) is 5.75 Å². The number of allylic oxidation sites excluding steroid dienone is 1. The number of alkyl halides is 3. The number of benzene rings is 1. The van der Waals surface area contributed by atoms with E-state index in [-0.39, 0.29) is 5.75 Å². The molecule has 0 N–H and O–H groups in total. The molecule has 1 aliphatic rings. The summed E-state index contributed by atoms with van der Waals surface area (Å²) < 4.78 is 45.3. The molecule has 0 bridgehead atoms. The van der Waals surface area contributed by atoms with Gasteiger partial charge in [-0.05, 0) is 68.1 Å². The van der Waals surface area contributed by atoms with E-state index >= 15 is 0 Å². The van der Waals surface area contributed by atoms with Crippen molar-refractivity contribution < 1.29 is 22.6 Å². The van der Waals surface area contributed by atoms with Crippen molar-refractivity contribution >= 4 is 0 Å². The van der Waals surface area contributed by atoms with Gasteiger partial charge in [-0.3, -0.25) is 0 Å². The van der Waals surface area contributed by atoms with Crippen LogP contribution in [0.15, 0.2) is 36.4 Å². The highest BCUT2D eigenvalue weighted by Gasteiger charge is 2.30. The molecule has 2 rings (SSSR count). The summed E-state index contributed by atoms with van der Waals surface area (Å²) in [4.78, 5) is 0. The second-order valence-corrected chi connectivity index (χ2v) is 6.39. The van der Waals surface area contributed by atoms with Crippen LogP contribution in [0.3, 0.4) is 0 Å². The molecule has 0 heterocycles. The summed E-state index contributed by atoms with van der Waals surface area (Å²) in [5.41, 5.74) is 1.06. The molecule has 24 heavy (non-hydrogen) atoms. The van der Waals surface area contributed by atoms with Crippen molar-refractivity contribution in [2.45, 2.75) is 44.9 Å². The molecule has 134 valence electrons. The van der Waals surface area contributed by atoms with Crippen LogP contribution < -0.4 is 4.74 Å². The van der Waals surface area contributed by atoms with E-state index in [0.29, 0.717) is 18.4 Å². The van der Waals surface area contributed by atoms with Gasteiger partial charge in [-0.15, -0.1) is 13.2 Å². The first-order valence-electron chi connectivity index (χ1n) is 8.46. The van der Waals surface area contributed by atoms with Crippen LogP contribution in [0, 0.1) is 11.8 Å². The molecular formula is C19H25F3O2. The highest BCUT2D eigenvalue weighted by atomic mass is 19.4. The minimum atomic E-state index is -4.63. The number of methoxy groups -OCH3 is 1. The Morgan fingerprint density at radius 3 is 2.33 bits per heavy atom. The van der Waals surface area contributed by atoms with Crippen LogP contribution in [-0.4, -0.2) is 20.1 Å². The lowest BCUT2D eigenvalue weighted by Crippen LogP contribution is -2.17. The van der Waals surface area contributed by atoms with Crippen molar-refractivity contribution in [2.75, 3.05) is 13.7 Å². The van der Waals surface area contributed by atoms with E-state index < -0.39 is 6.36 Å². The molecule has 0 radical (unpaired) electrons. The quantitative estimate of drug-likeness (QED) is 0.607. The second-order valence-electron chi connectivity index (χ2n) is 6.39. The predicted molar refractivity (Wildman–Crippen MR) is 87.9 cm³/mol. The highest BCUT2D eigenvalue weighted by molar-refractivity contribution is 5.27. The van der Waals surface area contributed by atoms with Crippen molar-refractivity contribution in [1.29, 1.82) is 0 Å². The Labute approximate surface area is 141 Å². The van der Waals surface area contributed by atoms with E-state index in [1.165, 1.54) is 37.8 Å². The summed E-state index contributed by atoms with van der Waals surface area (Å²) in [5.74, 6) is 1.22. The zero-order chi connectivity index (χ0) is 17.4. The number of rotatable bonds is 7. The minimum Gasteiger partial charge on any atom is -0.406 e. The molecule has 1 saturated carbocycles. The molecule has 0 unspecified atom stereocenters. The van der Waals surface area contributed by atoms with E-state index in [1.807, 2.05) is 0 Å². The SMILES string of the molecule is COCC=CC1CCC(CCc2ccc(OC(F)(F)F)cc2)CC1. The molecule has 1 fully saturated rings. The third-order valence-electron chi connectivity index (χ3n) is 4.56. The van der Waals surface area contributed by atoms with Crippen molar-refractivity contribution in [3.63, 3.8) is 0 Å². The van der Waals surface area contributed by atoms with Crippen LogP contribution in [-0.2, 0) is 11.2 Å². The lowest BCUT2D eigenvalue weighted by molar-refractivity contribution is -0.274. The molecule has 0 saturated heterocycles. The Balaban J connectivity index is 1.71. The predicted octanol–water partition coefficient (Wildman–Crippen LogP) is 5.53. The van der Waals surface area contributed by atoms with Crippen molar-refractivity contribution in [1.82, 2.24) is 0 Å². The Kier molecular flexibility index (Phi) is 7.16. The van der Waals surface area contributed by atoms with Gasteiger partial charge < -0.3 is 9.47 Å². The van der Waals surface area contributed by atoms with Gasteiger partial charge in [-0.2, -0.15) is 0 Å². The van der Waals surface area contributed by atoms with Crippen LogP contribution in [0.1, 0.15) is 37.7 Å². The van der Waals surface area contributed by atoms with Gasteiger partial charge in [-0.25, -0.2) is 0 Å². The fourth-order valence-corrected chi connectivity index (χ4v) is 3.24. The van der Waals surface area contributed by atoms with Gasteiger partial charge in [0.15, 0.2) is 0 Å². The molecule has 1 aromatic rings.